The smallest absolute Gasteiger partial charge is 0.275 e. The first-order valence-corrected chi connectivity index (χ1v) is 6.42. The van der Waals surface area contributed by atoms with Crippen LogP contribution in [0.15, 0.2) is 16.7 Å². The lowest BCUT2D eigenvalue weighted by molar-refractivity contribution is -0.384. The summed E-state index contributed by atoms with van der Waals surface area (Å²) in [6.07, 6.45) is 2.23. The molecule has 6 heteroatoms. The van der Waals surface area contributed by atoms with Crippen molar-refractivity contribution in [1.29, 1.82) is 0 Å². The van der Waals surface area contributed by atoms with Gasteiger partial charge in [0, 0.05) is 19.2 Å². The highest BCUT2D eigenvalue weighted by molar-refractivity contribution is 9.10. The second-order valence-corrected chi connectivity index (χ2v) is 5.25. The summed E-state index contributed by atoms with van der Waals surface area (Å²) in [5, 5.41) is 10.8. The van der Waals surface area contributed by atoms with Crippen LogP contribution < -0.4 is 4.90 Å². The van der Waals surface area contributed by atoms with Crippen molar-refractivity contribution in [2.75, 3.05) is 18.0 Å². The number of nitro groups is 1. The van der Waals surface area contributed by atoms with E-state index in [4.69, 9.17) is 0 Å². The minimum Gasteiger partial charge on any atom is -0.356 e. The van der Waals surface area contributed by atoms with Gasteiger partial charge in [0.2, 0.25) is 0 Å². The lowest BCUT2D eigenvalue weighted by atomic mass is 9.99. The van der Waals surface area contributed by atoms with Crippen molar-refractivity contribution >= 4 is 27.4 Å². The zero-order chi connectivity index (χ0) is 12.4. The van der Waals surface area contributed by atoms with E-state index in [9.17, 15) is 10.1 Å². The van der Waals surface area contributed by atoms with E-state index in [1.807, 2.05) is 0 Å². The summed E-state index contributed by atoms with van der Waals surface area (Å²) >= 11 is 3.22. The van der Waals surface area contributed by atoms with E-state index in [0.29, 0.717) is 10.4 Å². The predicted molar refractivity (Wildman–Crippen MR) is 69.2 cm³/mol. The molecule has 2 rings (SSSR count). The zero-order valence-electron chi connectivity index (χ0n) is 9.60. The first-order valence-electron chi connectivity index (χ1n) is 5.63. The summed E-state index contributed by atoms with van der Waals surface area (Å²) in [6, 6.07) is 2.97. The Bertz CT molecular complexity index is 431. The largest absolute Gasteiger partial charge is 0.356 e. The van der Waals surface area contributed by atoms with Crippen LogP contribution in [0.3, 0.4) is 0 Å². The Morgan fingerprint density at radius 1 is 1.47 bits per heavy atom. The highest BCUT2D eigenvalue weighted by Crippen LogP contribution is 2.26. The number of aromatic nitrogens is 1. The van der Waals surface area contributed by atoms with Crippen molar-refractivity contribution < 1.29 is 4.92 Å². The molecule has 1 saturated heterocycles. The minimum absolute atomic E-state index is 0.0838. The Labute approximate surface area is 108 Å². The van der Waals surface area contributed by atoms with Gasteiger partial charge in [0.1, 0.15) is 10.4 Å². The fourth-order valence-electron chi connectivity index (χ4n) is 1.98. The molecule has 2 heterocycles. The molecule has 0 N–H and O–H groups in total. The molecule has 1 aromatic rings. The standard InChI is InChI=1S/C11H14BrN3O2/c1-8-2-4-14(5-3-8)11-7-9(15(16)17)6-10(12)13-11/h6-8H,2-5H2,1H3. The van der Waals surface area contributed by atoms with E-state index in [1.165, 1.54) is 6.07 Å². The lowest BCUT2D eigenvalue weighted by Crippen LogP contribution is -2.33. The molecule has 92 valence electrons. The van der Waals surface area contributed by atoms with Gasteiger partial charge >= 0.3 is 0 Å². The average Bonchev–Trinajstić information content (AvgIpc) is 2.29. The molecule has 0 atom stereocenters. The Hall–Kier alpha value is -1.17. The van der Waals surface area contributed by atoms with Crippen LogP contribution in [0, 0.1) is 16.0 Å². The molecular formula is C11H14BrN3O2. The van der Waals surface area contributed by atoms with E-state index in [-0.39, 0.29) is 10.6 Å². The first-order chi connectivity index (χ1) is 8.06. The third-order valence-corrected chi connectivity index (χ3v) is 3.49. The van der Waals surface area contributed by atoms with E-state index in [1.54, 1.807) is 6.07 Å². The maximum atomic E-state index is 10.8. The number of pyridine rings is 1. The number of anilines is 1. The quantitative estimate of drug-likeness (QED) is 0.478. The average molecular weight is 300 g/mol. The molecule has 5 nitrogen and oxygen atoms in total. The first kappa shape index (κ1) is 12.3. The van der Waals surface area contributed by atoms with E-state index < -0.39 is 0 Å². The number of piperidine rings is 1. The van der Waals surface area contributed by atoms with Gasteiger partial charge in [-0.25, -0.2) is 4.98 Å². The fraction of sp³-hybridized carbons (Fsp3) is 0.545. The molecule has 0 saturated carbocycles. The normalized spacial score (nSPS) is 17.2. The van der Waals surface area contributed by atoms with Crippen molar-refractivity contribution in [1.82, 2.24) is 4.98 Å². The molecule has 0 bridgehead atoms. The highest BCUT2D eigenvalue weighted by atomic mass is 79.9. The monoisotopic (exact) mass is 299 g/mol. The van der Waals surface area contributed by atoms with Gasteiger partial charge in [-0.15, -0.1) is 0 Å². The van der Waals surface area contributed by atoms with Gasteiger partial charge in [0.05, 0.1) is 11.0 Å². The molecule has 0 amide bonds. The number of rotatable bonds is 2. The summed E-state index contributed by atoms with van der Waals surface area (Å²) in [6.45, 7) is 4.07. The van der Waals surface area contributed by atoms with E-state index >= 15 is 0 Å². The second kappa shape index (κ2) is 5.00. The van der Waals surface area contributed by atoms with Crippen LogP contribution in [-0.4, -0.2) is 23.0 Å². The van der Waals surface area contributed by atoms with Gasteiger partial charge < -0.3 is 4.90 Å². The fourth-order valence-corrected chi connectivity index (χ4v) is 2.39. The lowest BCUT2D eigenvalue weighted by Gasteiger charge is -2.31. The molecule has 0 radical (unpaired) electrons. The Morgan fingerprint density at radius 3 is 2.71 bits per heavy atom. The molecule has 0 aliphatic carbocycles. The predicted octanol–water partition coefficient (Wildman–Crippen LogP) is 2.99. The van der Waals surface area contributed by atoms with Crippen LogP contribution in [0.5, 0.6) is 0 Å². The van der Waals surface area contributed by atoms with E-state index in [0.717, 1.165) is 31.8 Å². The van der Waals surface area contributed by atoms with Crippen LogP contribution in [-0.2, 0) is 0 Å². The maximum absolute atomic E-state index is 10.8. The summed E-state index contributed by atoms with van der Waals surface area (Å²) in [5.41, 5.74) is 0.0838. The molecule has 0 aromatic carbocycles. The van der Waals surface area contributed by atoms with Crippen LogP contribution in [0.2, 0.25) is 0 Å². The number of hydrogen-bond donors (Lipinski definition) is 0. The summed E-state index contributed by atoms with van der Waals surface area (Å²) < 4.78 is 0.514. The van der Waals surface area contributed by atoms with E-state index in [2.05, 4.69) is 32.7 Å². The Balaban J connectivity index is 2.23. The molecule has 17 heavy (non-hydrogen) atoms. The van der Waals surface area contributed by atoms with Crippen LogP contribution >= 0.6 is 15.9 Å². The molecule has 1 aliphatic rings. The van der Waals surface area contributed by atoms with Gasteiger partial charge in [0.15, 0.2) is 0 Å². The van der Waals surface area contributed by atoms with Crippen molar-refractivity contribution in [3.05, 3.63) is 26.9 Å². The van der Waals surface area contributed by atoms with Gasteiger partial charge in [0.25, 0.3) is 5.69 Å². The van der Waals surface area contributed by atoms with Gasteiger partial charge in [-0.05, 0) is 34.7 Å². The summed E-state index contributed by atoms with van der Waals surface area (Å²) in [7, 11) is 0. The summed E-state index contributed by atoms with van der Waals surface area (Å²) in [5.74, 6) is 1.42. The summed E-state index contributed by atoms with van der Waals surface area (Å²) in [4.78, 5) is 16.8. The number of hydrogen-bond acceptors (Lipinski definition) is 4. The number of halogens is 1. The molecule has 1 aliphatic heterocycles. The SMILES string of the molecule is CC1CCN(c2cc([N+](=O)[O-])cc(Br)n2)CC1. The number of nitrogens with zero attached hydrogens (tertiary/aromatic N) is 3. The van der Waals surface area contributed by atoms with Gasteiger partial charge in [-0.2, -0.15) is 0 Å². The van der Waals surface area contributed by atoms with Gasteiger partial charge in [-0.1, -0.05) is 6.92 Å². The minimum atomic E-state index is -0.386. The molecular weight excluding hydrogens is 286 g/mol. The third-order valence-electron chi connectivity index (χ3n) is 3.08. The Kier molecular flexibility index (Phi) is 3.61. The van der Waals surface area contributed by atoms with Crippen molar-refractivity contribution in [2.24, 2.45) is 5.92 Å². The molecule has 1 fully saturated rings. The highest BCUT2D eigenvalue weighted by Gasteiger charge is 2.19. The van der Waals surface area contributed by atoms with Crippen molar-refractivity contribution in [2.45, 2.75) is 19.8 Å². The van der Waals surface area contributed by atoms with Crippen molar-refractivity contribution in [3.63, 3.8) is 0 Å². The topological polar surface area (TPSA) is 59.3 Å². The van der Waals surface area contributed by atoms with Crippen LogP contribution in [0.25, 0.3) is 0 Å². The van der Waals surface area contributed by atoms with Crippen molar-refractivity contribution in [3.8, 4) is 0 Å². The molecule has 0 unspecified atom stereocenters. The molecule has 1 aromatic heterocycles. The molecule has 0 spiro atoms. The van der Waals surface area contributed by atoms with Crippen LogP contribution in [0.4, 0.5) is 11.5 Å². The second-order valence-electron chi connectivity index (χ2n) is 4.43. The zero-order valence-corrected chi connectivity index (χ0v) is 11.2. The third kappa shape index (κ3) is 2.94. The van der Waals surface area contributed by atoms with Crippen LogP contribution in [0.1, 0.15) is 19.8 Å². The Morgan fingerprint density at radius 2 is 2.12 bits per heavy atom. The maximum Gasteiger partial charge on any atom is 0.275 e. The van der Waals surface area contributed by atoms with Gasteiger partial charge in [-0.3, -0.25) is 10.1 Å².